The summed E-state index contributed by atoms with van der Waals surface area (Å²) < 4.78 is 5.75. The summed E-state index contributed by atoms with van der Waals surface area (Å²) in [6.07, 6.45) is 2.03. The Balaban J connectivity index is 1.85. The number of aliphatic hydroxyl groups excluding tert-OH is 1. The van der Waals surface area contributed by atoms with Gasteiger partial charge in [-0.15, -0.1) is 6.58 Å². The van der Waals surface area contributed by atoms with Gasteiger partial charge in [0.25, 0.3) is 0 Å². The van der Waals surface area contributed by atoms with Crippen molar-refractivity contribution in [2.24, 2.45) is 0 Å². The summed E-state index contributed by atoms with van der Waals surface area (Å²) in [5.74, 6) is 0.804. The number of rotatable bonds is 8. The molecule has 0 amide bonds. The van der Waals surface area contributed by atoms with Crippen LogP contribution in [-0.2, 0) is 6.42 Å². The monoisotopic (exact) mass is 311 g/mol. The predicted octanol–water partition coefficient (Wildman–Crippen LogP) is 3.88. The van der Waals surface area contributed by atoms with Crippen LogP contribution in [0.2, 0.25) is 0 Å². The minimum atomic E-state index is -0.576. The number of nitrogens with one attached hydrogen (secondary N) is 1. The third-order valence-electron chi connectivity index (χ3n) is 3.68. The maximum absolute atomic E-state index is 10.1. The largest absolute Gasteiger partial charge is 0.491 e. The van der Waals surface area contributed by atoms with Crippen molar-refractivity contribution in [1.82, 2.24) is 0 Å². The molecule has 0 aliphatic carbocycles. The summed E-state index contributed by atoms with van der Waals surface area (Å²) >= 11 is 0. The van der Waals surface area contributed by atoms with E-state index in [2.05, 4.69) is 37.9 Å². The topological polar surface area (TPSA) is 41.5 Å². The van der Waals surface area contributed by atoms with Gasteiger partial charge in [0.2, 0.25) is 0 Å². The molecule has 3 heteroatoms. The molecule has 0 bridgehead atoms. The van der Waals surface area contributed by atoms with Crippen molar-refractivity contribution in [2.45, 2.75) is 26.4 Å². The van der Waals surface area contributed by atoms with Crippen molar-refractivity contribution in [3.63, 3.8) is 0 Å². The summed E-state index contributed by atoms with van der Waals surface area (Å²) in [4.78, 5) is 0. The summed E-state index contributed by atoms with van der Waals surface area (Å²) in [5, 5.41) is 13.4. The maximum atomic E-state index is 10.1. The first kappa shape index (κ1) is 17.1. The van der Waals surface area contributed by atoms with Crippen molar-refractivity contribution in [1.29, 1.82) is 0 Å². The number of aliphatic hydroxyl groups is 1. The zero-order valence-corrected chi connectivity index (χ0v) is 13.9. The van der Waals surface area contributed by atoms with Crippen molar-refractivity contribution < 1.29 is 9.84 Å². The van der Waals surface area contributed by atoms with Crippen LogP contribution in [0.1, 0.15) is 16.7 Å². The summed E-state index contributed by atoms with van der Waals surface area (Å²) in [6, 6.07) is 14.1. The molecule has 2 aromatic carbocycles. The molecule has 0 heterocycles. The Bertz CT molecular complexity index is 652. The van der Waals surface area contributed by atoms with Crippen molar-refractivity contribution in [3.8, 4) is 5.75 Å². The van der Waals surface area contributed by atoms with Crippen LogP contribution in [0.3, 0.4) is 0 Å². The molecular weight excluding hydrogens is 286 g/mol. The van der Waals surface area contributed by atoms with Crippen molar-refractivity contribution in [3.05, 3.63) is 71.8 Å². The number of allylic oxidation sites excluding steroid dienone is 1. The van der Waals surface area contributed by atoms with Gasteiger partial charge in [0.1, 0.15) is 18.5 Å². The second-order valence-corrected chi connectivity index (χ2v) is 5.76. The first-order valence-corrected chi connectivity index (χ1v) is 7.91. The fourth-order valence-electron chi connectivity index (χ4n) is 2.45. The third kappa shape index (κ3) is 5.15. The minimum absolute atomic E-state index is 0.256. The molecule has 0 radical (unpaired) electrons. The highest BCUT2D eigenvalue weighted by molar-refractivity contribution is 5.51. The first-order valence-electron chi connectivity index (χ1n) is 7.91. The molecule has 0 aromatic heterocycles. The highest BCUT2D eigenvalue weighted by atomic mass is 16.5. The molecule has 2 rings (SSSR count). The molecule has 0 saturated carbocycles. The summed E-state index contributed by atoms with van der Waals surface area (Å²) in [6.45, 7) is 8.59. The number of hydrogen-bond acceptors (Lipinski definition) is 3. The van der Waals surface area contributed by atoms with Crippen LogP contribution in [0.25, 0.3) is 0 Å². The molecule has 23 heavy (non-hydrogen) atoms. The Morgan fingerprint density at radius 3 is 2.74 bits per heavy atom. The molecule has 122 valence electrons. The molecule has 1 unspecified atom stereocenters. The van der Waals surface area contributed by atoms with Crippen LogP contribution in [-0.4, -0.2) is 24.4 Å². The van der Waals surface area contributed by atoms with E-state index in [0.29, 0.717) is 6.54 Å². The fourth-order valence-corrected chi connectivity index (χ4v) is 2.45. The Kier molecular flexibility index (Phi) is 6.24. The maximum Gasteiger partial charge on any atom is 0.122 e. The number of benzene rings is 2. The van der Waals surface area contributed by atoms with Crippen molar-refractivity contribution in [2.75, 3.05) is 18.5 Å². The van der Waals surface area contributed by atoms with Gasteiger partial charge < -0.3 is 15.2 Å². The third-order valence-corrected chi connectivity index (χ3v) is 3.68. The summed E-state index contributed by atoms with van der Waals surface area (Å²) in [5.41, 5.74) is 4.53. The predicted molar refractivity (Wildman–Crippen MR) is 96.3 cm³/mol. The van der Waals surface area contributed by atoms with E-state index in [1.807, 2.05) is 36.4 Å². The van der Waals surface area contributed by atoms with E-state index in [9.17, 15) is 5.11 Å². The molecule has 2 aromatic rings. The molecule has 0 fully saturated rings. The van der Waals surface area contributed by atoms with E-state index in [1.165, 1.54) is 11.1 Å². The number of aryl methyl sites for hydroxylation is 2. The van der Waals surface area contributed by atoms with E-state index in [1.54, 1.807) is 0 Å². The van der Waals surface area contributed by atoms with Gasteiger partial charge in [0.05, 0.1) is 0 Å². The highest BCUT2D eigenvalue weighted by Crippen LogP contribution is 2.19. The van der Waals surface area contributed by atoms with Gasteiger partial charge in [-0.3, -0.25) is 0 Å². The Morgan fingerprint density at radius 2 is 2.00 bits per heavy atom. The van der Waals surface area contributed by atoms with E-state index in [-0.39, 0.29) is 6.61 Å². The van der Waals surface area contributed by atoms with Crippen LogP contribution >= 0.6 is 0 Å². The smallest absolute Gasteiger partial charge is 0.122 e. The van der Waals surface area contributed by atoms with Gasteiger partial charge in [-0.05, 0) is 43.5 Å². The van der Waals surface area contributed by atoms with E-state index >= 15 is 0 Å². The lowest BCUT2D eigenvalue weighted by atomic mass is 10.1. The van der Waals surface area contributed by atoms with Gasteiger partial charge in [-0.25, -0.2) is 0 Å². The van der Waals surface area contributed by atoms with Gasteiger partial charge >= 0.3 is 0 Å². The van der Waals surface area contributed by atoms with E-state index in [4.69, 9.17) is 4.74 Å². The zero-order chi connectivity index (χ0) is 16.7. The van der Waals surface area contributed by atoms with Crippen LogP contribution < -0.4 is 10.1 Å². The van der Waals surface area contributed by atoms with Crippen LogP contribution in [0.15, 0.2) is 55.1 Å². The number of anilines is 1. The van der Waals surface area contributed by atoms with Crippen LogP contribution in [0, 0.1) is 13.8 Å². The SMILES string of the molecule is C=CCc1ccccc1OCC(O)CNc1ccc(C)cc1C. The van der Waals surface area contributed by atoms with E-state index < -0.39 is 6.10 Å². The van der Waals surface area contributed by atoms with Crippen molar-refractivity contribution >= 4 is 5.69 Å². The molecule has 0 aliphatic heterocycles. The van der Waals surface area contributed by atoms with E-state index in [0.717, 1.165) is 23.4 Å². The Morgan fingerprint density at radius 1 is 1.22 bits per heavy atom. The molecule has 0 spiro atoms. The average molecular weight is 311 g/mol. The lowest BCUT2D eigenvalue weighted by Crippen LogP contribution is -2.26. The normalized spacial score (nSPS) is 11.8. The molecule has 2 N–H and O–H groups in total. The zero-order valence-electron chi connectivity index (χ0n) is 13.9. The van der Waals surface area contributed by atoms with Gasteiger partial charge in [-0.2, -0.15) is 0 Å². The highest BCUT2D eigenvalue weighted by Gasteiger charge is 2.08. The average Bonchev–Trinajstić information content (AvgIpc) is 2.53. The number of hydrogen-bond donors (Lipinski definition) is 2. The lowest BCUT2D eigenvalue weighted by Gasteiger charge is -2.16. The molecule has 0 saturated heterocycles. The number of para-hydroxylation sites is 1. The van der Waals surface area contributed by atoms with Crippen LogP contribution in [0.4, 0.5) is 5.69 Å². The van der Waals surface area contributed by atoms with Gasteiger partial charge in [0, 0.05) is 12.2 Å². The molecule has 1 atom stereocenters. The quantitative estimate of drug-likeness (QED) is 0.727. The van der Waals surface area contributed by atoms with Gasteiger partial charge in [0.15, 0.2) is 0 Å². The Labute approximate surface area is 138 Å². The molecular formula is C20H25NO2. The lowest BCUT2D eigenvalue weighted by molar-refractivity contribution is 0.117. The summed E-state index contributed by atoms with van der Waals surface area (Å²) in [7, 11) is 0. The minimum Gasteiger partial charge on any atom is -0.491 e. The second kappa shape index (κ2) is 8.39. The first-order chi connectivity index (χ1) is 11.1. The standard InChI is InChI=1S/C20H25NO2/c1-4-7-17-8-5-6-9-20(17)23-14-18(22)13-21-19-11-10-15(2)12-16(19)3/h4-6,8-12,18,21-22H,1,7,13-14H2,2-3H3. The molecule has 0 aliphatic rings. The van der Waals surface area contributed by atoms with Crippen LogP contribution in [0.5, 0.6) is 5.75 Å². The molecule has 3 nitrogen and oxygen atoms in total. The fraction of sp³-hybridized carbons (Fsp3) is 0.300. The number of ether oxygens (including phenoxy) is 1. The Hall–Kier alpha value is -2.26. The van der Waals surface area contributed by atoms with Gasteiger partial charge in [-0.1, -0.05) is 42.0 Å². The second-order valence-electron chi connectivity index (χ2n) is 5.76.